The lowest BCUT2D eigenvalue weighted by atomic mass is 10.2. The van der Waals surface area contributed by atoms with Gasteiger partial charge in [-0.05, 0) is 47.0 Å². The summed E-state index contributed by atoms with van der Waals surface area (Å²) in [5.41, 5.74) is 1.16. The topological polar surface area (TPSA) is 18.5 Å². The van der Waals surface area contributed by atoms with Crippen molar-refractivity contribution in [1.29, 1.82) is 0 Å². The summed E-state index contributed by atoms with van der Waals surface area (Å²) < 4.78 is 12.2. The fraction of sp³-hybridized carbons (Fsp3) is 0.538. The fourth-order valence-corrected chi connectivity index (χ4v) is 2.54. The van der Waals surface area contributed by atoms with Crippen LogP contribution in [0.25, 0.3) is 0 Å². The summed E-state index contributed by atoms with van der Waals surface area (Å²) in [7, 11) is 1.66. The predicted molar refractivity (Wildman–Crippen MR) is 78.3 cm³/mol. The van der Waals surface area contributed by atoms with Crippen molar-refractivity contribution in [3.05, 3.63) is 22.2 Å². The Bertz CT molecular complexity index is 367. The molecule has 1 atom stereocenters. The maximum Gasteiger partial charge on any atom is 0.175 e. The van der Waals surface area contributed by atoms with Crippen LogP contribution in [0.15, 0.2) is 16.6 Å². The molecule has 0 aliphatic carbocycles. The first-order chi connectivity index (χ1) is 8.12. The first-order valence-electron chi connectivity index (χ1n) is 5.71. The summed E-state index contributed by atoms with van der Waals surface area (Å²) >= 11 is 6.97. The van der Waals surface area contributed by atoms with Crippen LogP contribution >= 0.6 is 31.9 Å². The van der Waals surface area contributed by atoms with E-state index < -0.39 is 0 Å². The number of methoxy groups -OCH3 is 1. The van der Waals surface area contributed by atoms with Crippen LogP contribution in [0.3, 0.4) is 0 Å². The van der Waals surface area contributed by atoms with Gasteiger partial charge >= 0.3 is 0 Å². The summed E-state index contributed by atoms with van der Waals surface area (Å²) in [6, 6.07) is 4.04. The van der Waals surface area contributed by atoms with Crippen LogP contribution in [0.4, 0.5) is 0 Å². The molecule has 0 N–H and O–H groups in total. The SMILES string of the molecule is CCCC(C)Oc1c(Br)cc(CBr)cc1OC. The third-order valence-electron chi connectivity index (χ3n) is 2.46. The molecular weight excluding hydrogens is 348 g/mol. The van der Waals surface area contributed by atoms with E-state index in [9.17, 15) is 0 Å². The molecule has 1 unspecified atom stereocenters. The van der Waals surface area contributed by atoms with Crippen molar-refractivity contribution in [3.63, 3.8) is 0 Å². The summed E-state index contributed by atoms with van der Waals surface area (Å²) in [6.45, 7) is 4.23. The zero-order chi connectivity index (χ0) is 12.8. The van der Waals surface area contributed by atoms with Gasteiger partial charge < -0.3 is 9.47 Å². The molecule has 0 saturated heterocycles. The first-order valence-corrected chi connectivity index (χ1v) is 7.62. The second-order valence-electron chi connectivity index (χ2n) is 3.96. The normalized spacial score (nSPS) is 12.3. The molecule has 2 nitrogen and oxygen atoms in total. The number of rotatable bonds is 6. The van der Waals surface area contributed by atoms with E-state index in [0.717, 1.165) is 39.7 Å². The molecule has 0 aromatic heterocycles. The second-order valence-corrected chi connectivity index (χ2v) is 5.37. The van der Waals surface area contributed by atoms with E-state index in [1.165, 1.54) is 0 Å². The van der Waals surface area contributed by atoms with E-state index >= 15 is 0 Å². The molecule has 4 heteroatoms. The van der Waals surface area contributed by atoms with Gasteiger partial charge in [0.15, 0.2) is 11.5 Å². The highest BCUT2D eigenvalue weighted by Crippen LogP contribution is 2.38. The van der Waals surface area contributed by atoms with Gasteiger partial charge in [0.1, 0.15) is 0 Å². The van der Waals surface area contributed by atoms with E-state index in [-0.39, 0.29) is 6.10 Å². The number of hydrogen-bond donors (Lipinski definition) is 0. The molecule has 1 rings (SSSR count). The van der Waals surface area contributed by atoms with Crippen LogP contribution in [0, 0.1) is 0 Å². The quantitative estimate of drug-likeness (QED) is 0.666. The van der Waals surface area contributed by atoms with Crippen LogP contribution in [0.5, 0.6) is 11.5 Å². The second kappa shape index (κ2) is 7.27. The van der Waals surface area contributed by atoms with E-state index in [2.05, 4.69) is 45.7 Å². The molecule has 0 bridgehead atoms. The zero-order valence-corrected chi connectivity index (χ0v) is 13.6. The van der Waals surface area contributed by atoms with E-state index in [1.807, 2.05) is 12.1 Å². The molecule has 1 aromatic carbocycles. The minimum atomic E-state index is 0.194. The van der Waals surface area contributed by atoms with Crippen molar-refractivity contribution < 1.29 is 9.47 Å². The average molecular weight is 366 g/mol. The van der Waals surface area contributed by atoms with Crippen molar-refractivity contribution in [2.24, 2.45) is 0 Å². The van der Waals surface area contributed by atoms with Crippen LogP contribution in [0.2, 0.25) is 0 Å². The Balaban J connectivity index is 2.97. The molecule has 0 amide bonds. The molecular formula is C13H18Br2O2. The molecule has 0 aliphatic rings. The van der Waals surface area contributed by atoms with Gasteiger partial charge in [-0.2, -0.15) is 0 Å². The first kappa shape index (κ1) is 14.8. The molecule has 17 heavy (non-hydrogen) atoms. The van der Waals surface area contributed by atoms with Gasteiger partial charge in [0.25, 0.3) is 0 Å². The lowest BCUT2D eigenvalue weighted by Crippen LogP contribution is -2.12. The minimum Gasteiger partial charge on any atom is -0.493 e. The Labute approximate surface area is 120 Å². The van der Waals surface area contributed by atoms with Gasteiger partial charge in [-0.3, -0.25) is 0 Å². The van der Waals surface area contributed by atoms with Gasteiger partial charge in [-0.15, -0.1) is 0 Å². The highest BCUT2D eigenvalue weighted by atomic mass is 79.9. The van der Waals surface area contributed by atoms with Gasteiger partial charge in [-0.1, -0.05) is 29.3 Å². The minimum absolute atomic E-state index is 0.194. The summed E-state index contributed by atoms with van der Waals surface area (Å²) in [4.78, 5) is 0. The molecule has 0 fully saturated rings. The summed E-state index contributed by atoms with van der Waals surface area (Å²) in [6.07, 6.45) is 2.34. The molecule has 0 saturated carbocycles. The lowest BCUT2D eigenvalue weighted by Gasteiger charge is -2.18. The molecule has 0 spiro atoms. The van der Waals surface area contributed by atoms with Gasteiger partial charge in [0, 0.05) is 5.33 Å². The third kappa shape index (κ3) is 4.18. The number of benzene rings is 1. The standard InChI is InChI=1S/C13H18Br2O2/c1-4-5-9(2)17-13-11(15)6-10(8-14)7-12(13)16-3/h6-7,9H,4-5,8H2,1-3H3. The lowest BCUT2D eigenvalue weighted by molar-refractivity contribution is 0.199. The van der Waals surface area contributed by atoms with Crippen molar-refractivity contribution in [2.45, 2.75) is 38.1 Å². The molecule has 0 radical (unpaired) electrons. The Morgan fingerprint density at radius 1 is 1.35 bits per heavy atom. The Kier molecular flexibility index (Phi) is 6.34. The smallest absolute Gasteiger partial charge is 0.175 e. The van der Waals surface area contributed by atoms with Crippen molar-refractivity contribution in [2.75, 3.05) is 7.11 Å². The number of alkyl halides is 1. The number of halogens is 2. The predicted octanol–water partition coefficient (Wildman–Crippen LogP) is 4.92. The van der Waals surface area contributed by atoms with Crippen LogP contribution in [0.1, 0.15) is 32.3 Å². The maximum atomic E-state index is 5.92. The van der Waals surface area contributed by atoms with E-state index in [1.54, 1.807) is 7.11 Å². The van der Waals surface area contributed by atoms with Crippen LogP contribution < -0.4 is 9.47 Å². The Hall–Kier alpha value is -0.220. The monoisotopic (exact) mass is 364 g/mol. The summed E-state index contributed by atoms with van der Waals surface area (Å²) in [5.74, 6) is 1.56. The largest absolute Gasteiger partial charge is 0.493 e. The average Bonchev–Trinajstić information content (AvgIpc) is 2.31. The summed E-state index contributed by atoms with van der Waals surface area (Å²) in [5, 5.41) is 0.798. The number of hydrogen-bond acceptors (Lipinski definition) is 2. The highest BCUT2D eigenvalue weighted by Gasteiger charge is 2.14. The van der Waals surface area contributed by atoms with E-state index in [4.69, 9.17) is 9.47 Å². The zero-order valence-electron chi connectivity index (χ0n) is 10.4. The fourth-order valence-electron chi connectivity index (χ4n) is 1.63. The third-order valence-corrected chi connectivity index (χ3v) is 3.69. The van der Waals surface area contributed by atoms with Gasteiger partial charge in [0.05, 0.1) is 17.7 Å². The molecule has 96 valence electrons. The van der Waals surface area contributed by atoms with Crippen molar-refractivity contribution >= 4 is 31.9 Å². The molecule has 1 aromatic rings. The molecule has 0 aliphatic heterocycles. The van der Waals surface area contributed by atoms with Crippen LogP contribution in [-0.4, -0.2) is 13.2 Å². The Morgan fingerprint density at radius 3 is 2.59 bits per heavy atom. The van der Waals surface area contributed by atoms with Crippen molar-refractivity contribution in [1.82, 2.24) is 0 Å². The van der Waals surface area contributed by atoms with Gasteiger partial charge in [-0.25, -0.2) is 0 Å². The van der Waals surface area contributed by atoms with Crippen molar-refractivity contribution in [3.8, 4) is 11.5 Å². The van der Waals surface area contributed by atoms with Gasteiger partial charge in [0.2, 0.25) is 0 Å². The van der Waals surface area contributed by atoms with Crippen LogP contribution in [-0.2, 0) is 5.33 Å². The maximum absolute atomic E-state index is 5.92. The molecule has 0 heterocycles. The number of ether oxygens (including phenoxy) is 2. The van der Waals surface area contributed by atoms with E-state index in [0.29, 0.717) is 0 Å². The Morgan fingerprint density at radius 2 is 2.06 bits per heavy atom. The highest BCUT2D eigenvalue weighted by molar-refractivity contribution is 9.10.